The van der Waals surface area contributed by atoms with Crippen molar-refractivity contribution < 1.29 is 24.2 Å². The minimum Gasteiger partial charge on any atom is -0.494 e. The highest BCUT2D eigenvalue weighted by molar-refractivity contribution is 5.89. The molecule has 1 amide bonds. The number of carboxylic acid groups (broad SMARTS) is 1. The molecule has 1 saturated carbocycles. The molecule has 144 valence electrons. The van der Waals surface area contributed by atoms with Crippen LogP contribution in [0.1, 0.15) is 46.1 Å². The van der Waals surface area contributed by atoms with Crippen molar-refractivity contribution in [1.29, 1.82) is 0 Å². The number of amides is 1. The molecule has 6 heteroatoms. The first-order valence-corrected chi connectivity index (χ1v) is 9.14. The summed E-state index contributed by atoms with van der Waals surface area (Å²) < 4.78 is 11.0. The highest BCUT2D eigenvalue weighted by atomic mass is 16.5. The van der Waals surface area contributed by atoms with Crippen LogP contribution in [0.5, 0.6) is 5.75 Å². The lowest BCUT2D eigenvalue weighted by Gasteiger charge is -2.58. The van der Waals surface area contributed by atoms with Gasteiger partial charge in [0.2, 0.25) is 5.91 Å². The summed E-state index contributed by atoms with van der Waals surface area (Å²) in [6, 6.07) is 7.59. The van der Waals surface area contributed by atoms with Crippen molar-refractivity contribution in [3.8, 4) is 5.75 Å². The van der Waals surface area contributed by atoms with Crippen LogP contribution in [-0.4, -0.2) is 41.8 Å². The van der Waals surface area contributed by atoms with Crippen LogP contribution in [0.4, 0.5) is 0 Å². The minimum atomic E-state index is -1.28. The zero-order valence-electron chi connectivity index (χ0n) is 16.0. The Kier molecular flexibility index (Phi) is 6.29. The summed E-state index contributed by atoms with van der Waals surface area (Å²) in [5.41, 5.74) is -0.931. The van der Waals surface area contributed by atoms with E-state index in [4.69, 9.17) is 9.47 Å². The first-order valence-electron chi connectivity index (χ1n) is 9.14. The van der Waals surface area contributed by atoms with Crippen LogP contribution >= 0.6 is 0 Å². The SMILES string of the molecule is CCOc1ccc(CCC(=O)NC2(C(=O)O)CC(OCC)C2(C)C)cc1. The summed E-state index contributed by atoms with van der Waals surface area (Å²) in [7, 11) is 0. The second kappa shape index (κ2) is 8.08. The third kappa shape index (κ3) is 3.85. The Labute approximate surface area is 154 Å². The van der Waals surface area contributed by atoms with Crippen molar-refractivity contribution in [3.63, 3.8) is 0 Å². The summed E-state index contributed by atoms with van der Waals surface area (Å²) in [5, 5.41) is 12.5. The average Bonchev–Trinajstić information content (AvgIpc) is 2.60. The van der Waals surface area contributed by atoms with Crippen molar-refractivity contribution in [2.45, 2.75) is 58.6 Å². The van der Waals surface area contributed by atoms with Crippen LogP contribution in [0, 0.1) is 5.41 Å². The van der Waals surface area contributed by atoms with Crippen LogP contribution in [0.25, 0.3) is 0 Å². The number of ether oxygens (including phenoxy) is 2. The van der Waals surface area contributed by atoms with E-state index in [2.05, 4.69) is 5.32 Å². The van der Waals surface area contributed by atoms with E-state index in [0.717, 1.165) is 11.3 Å². The molecule has 2 N–H and O–H groups in total. The van der Waals surface area contributed by atoms with Gasteiger partial charge in [0.05, 0.1) is 12.7 Å². The molecule has 2 atom stereocenters. The van der Waals surface area contributed by atoms with E-state index < -0.39 is 16.9 Å². The van der Waals surface area contributed by atoms with Crippen LogP contribution in [0.2, 0.25) is 0 Å². The summed E-state index contributed by atoms with van der Waals surface area (Å²) in [5.74, 6) is -0.471. The molecule has 0 bridgehead atoms. The predicted octanol–water partition coefficient (Wildman–Crippen LogP) is 2.79. The number of carbonyl (C=O) groups is 2. The van der Waals surface area contributed by atoms with E-state index in [-0.39, 0.29) is 24.9 Å². The number of carboxylic acids is 1. The lowest BCUT2D eigenvalue weighted by Crippen LogP contribution is -2.76. The third-order valence-electron chi connectivity index (χ3n) is 5.36. The van der Waals surface area contributed by atoms with Crippen molar-refractivity contribution in [2.24, 2.45) is 5.41 Å². The molecule has 2 unspecified atom stereocenters. The number of carbonyl (C=O) groups excluding carboxylic acids is 1. The normalized spacial score (nSPS) is 23.8. The molecular formula is C20H29NO5. The molecule has 0 spiro atoms. The van der Waals surface area contributed by atoms with E-state index in [1.54, 1.807) is 0 Å². The number of nitrogens with one attached hydrogen (secondary N) is 1. The maximum Gasteiger partial charge on any atom is 0.330 e. The fourth-order valence-electron chi connectivity index (χ4n) is 3.51. The molecule has 1 aliphatic carbocycles. The van der Waals surface area contributed by atoms with Crippen molar-refractivity contribution in [2.75, 3.05) is 13.2 Å². The number of aryl methyl sites for hydroxylation is 1. The van der Waals surface area contributed by atoms with Gasteiger partial charge in [-0.2, -0.15) is 0 Å². The van der Waals surface area contributed by atoms with Gasteiger partial charge in [0.15, 0.2) is 0 Å². The van der Waals surface area contributed by atoms with E-state index in [0.29, 0.717) is 19.6 Å². The zero-order chi connectivity index (χ0) is 19.4. The number of hydrogen-bond acceptors (Lipinski definition) is 4. The molecule has 0 heterocycles. The highest BCUT2D eigenvalue weighted by Crippen LogP contribution is 2.51. The molecular weight excluding hydrogens is 334 g/mol. The summed E-state index contributed by atoms with van der Waals surface area (Å²) in [4.78, 5) is 24.3. The molecule has 1 aromatic carbocycles. The Morgan fingerprint density at radius 3 is 2.35 bits per heavy atom. The van der Waals surface area contributed by atoms with Gasteiger partial charge in [0.25, 0.3) is 0 Å². The minimum absolute atomic E-state index is 0.171. The summed E-state index contributed by atoms with van der Waals surface area (Å²) >= 11 is 0. The van der Waals surface area contributed by atoms with E-state index in [9.17, 15) is 14.7 Å². The largest absolute Gasteiger partial charge is 0.494 e. The molecule has 26 heavy (non-hydrogen) atoms. The third-order valence-corrected chi connectivity index (χ3v) is 5.36. The van der Waals surface area contributed by atoms with Gasteiger partial charge < -0.3 is 19.9 Å². The topological polar surface area (TPSA) is 84.9 Å². The molecule has 0 radical (unpaired) electrons. The van der Waals surface area contributed by atoms with Gasteiger partial charge in [0.1, 0.15) is 11.3 Å². The smallest absolute Gasteiger partial charge is 0.330 e. The van der Waals surface area contributed by atoms with Crippen LogP contribution in [0.3, 0.4) is 0 Å². The lowest BCUT2D eigenvalue weighted by molar-refractivity contribution is -0.194. The second-order valence-corrected chi connectivity index (χ2v) is 7.21. The van der Waals surface area contributed by atoms with Gasteiger partial charge in [0, 0.05) is 24.9 Å². The number of aliphatic carboxylic acids is 1. The number of hydrogen-bond donors (Lipinski definition) is 2. The predicted molar refractivity (Wildman–Crippen MR) is 98.3 cm³/mol. The first-order chi connectivity index (χ1) is 12.3. The fourth-order valence-corrected chi connectivity index (χ4v) is 3.51. The monoisotopic (exact) mass is 363 g/mol. The standard InChI is InChI=1S/C20H29NO5/c1-5-25-15-10-7-14(8-11-15)9-12-17(22)21-20(18(23)24)13-16(26-6-2)19(20,3)4/h7-8,10-11,16H,5-6,9,12-13H2,1-4H3,(H,21,22)(H,23,24). The first kappa shape index (κ1) is 20.2. The van der Waals surface area contributed by atoms with Crippen LogP contribution in [-0.2, 0) is 20.7 Å². The van der Waals surface area contributed by atoms with Gasteiger partial charge in [-0.05, 0) is 38.0 Å². The Balaban J connectivity index is 1.96. The molecule has 1 aliphatic rings. The highest BCUT2D eigenvalue weighted by Gasteiger charge is 2.66. The number of benzene rings is 1. The fraction of sp³-hybridized carbons (Fsp3) is 0.600. The van der Waals surface area contributed by atoms with Crippen molar-refractivity contribution >= 4 is 11.9 Å². The van der Waals surface area contributed by atoms with Crippen molar-refractivity contribution in [1.82, 2.24) is 5.32 Å². The van der Waals surface area contributed by atoms with E-state index in [1.165, 1.54) is 0 Å². The molecule has 0 aromatic heterocycles. The van der Waals surface area contributed by atoms with Crippen LogP contribution < -0.4 is 10.1 Å². The Hall–Kier alpha value is -2.08. The summed E-state index contributed by atoms with van der Waals surface area (Å²) in [6.07, 6.45) is 0.898. The van der Waals surface area contributed by atoms with Gasteiger partial charge in [-0.15, -0.1) is 0 Å². The Bertz CT molecular complexity index is 640. The van der Waals surface area contributed by atoms with Gasteiger partial charge in [-0.3, -0.25) is 4.79 Å². The Morgan fingerprint density at radius 1 is 1.19 bits per heavy atom. The maximum atomic E-state index is 12.4. The molecule has 0 saturated heterocycles. The van der Waals surface area contributed by atoms with Gasteiger partial charge >= 0.3 is 5.97 Å². The Morgan fingerprint density at radius 2 is 1.85 bits per heavy atom. The molecule has 1 fully saturated rings. The second-order valence-electron chi connectivity index (χ2n) is 7.21. The van der Waals surface area contributed by atoms with Gasteiger partial charge in [-0.1, -0.05) is 26.0 Å². The molecule has 1 aromatic rings. The lowest BCUT2D eigenvalue weighted by atomic mass is 9.54. The quantitative estimate of drug-likeness (QED) is 0.705. The zero-order valence-corrected chi connectivity index (χ0v) is 16.0. The number of rotatable bonds is 9. The van der Waals surface area contributed by atoms with E-state index in [1.807, 2.05) is 52.0 Å². The average molecular weight is 363 g/mol. The van der Waals surface area contributed by atoms with Gasteiger partial charge in [-0.25, -0.2) is 4.79 Å². The van der Waals surface area contributed by atoms with Crippen molar-refractivity contribution in [3.05, 3.63) is 29.8 Å². The maximum absolute atomic E-state index is 12.4. The molecule has 6 nitrogen and oxygen atoms in total. The summed E-state index contributed by atoms with van der Waals surface area (Å²) in [6.45, 7) is 8.60. The molecule has 0 aliphatic heterocycles. The van der Waals surface area contributed by atoms with Crippen LogP contribution in [0.15, 0.2) is 24.3 Å². The van der Waals surface area contributed by atoms with E-state index >= 15 is 0 Å². The molecule has 2 rings (SSSR count).